The summed E-state index contributed by atoms with van der Waals surface area (Å²) >= 11 is 0. The van der Waals surface area contributed by atoms with Crippen LogP contribution in [0.3, 0.4) is 0 Å². The second-order valence-corrected chi connectivity index (χ2v) is 8.68. The van der Waals surface area contributed by atoms with Crippen molar-refractivity contribution in [3.05, 3.63) is 57.5 Å². The molecular formula is C22H24FN7O3. The predicted molar refractivity (Wildman–Crippen MR) is 118 cm³/mol. The Bertz CT molecular complexity index is 1310. The molecule has 11 heteroatoms. The highest BCUT2D eigenvalue weighted by atomic mass is 19.1. The molecule has 0 bridgehead atoms. The average Bonchev–Trinajstić information content (AvgIpc) is 3.51. The third-order valence-electron chi connectivity index (χ3n) is 6.18. The van der Waals surface area contributed by atoms with Gasteiger partial charge in [-0.15, -0.1) is 0 Å². The van der Waals surface area contributed by atoms with Gasteiger partial charge in [0.2, 0.25) is 5.91 Å². The first-order valence-electron chi connectivity index (χ1n) is 10.9. The normalized spacial score (nSPS) is 17.9. The van der Waals surface area contributed by atoms with Gasteiger partial charge >= 0.3 is 0 Å². The molecule has 2 amide bonds. The van der Waals surface area contributed by atoms with Crippen molar-refractivity contribution in [3.8, 4) is 0 Å². The molecule has 1 atom stereocenters. The van der Waals surface area contributed by atoms with Crippen LogP contribution in [0, 0.1) is 5.82 Å². The predicted octanol–water partition coefficient (Wildman–Crippen LogP) is 1.11. The highest BCUT2D eigenvalue weighted by Crippen LogP contribution is 2.27. The van der Waals surface area contributed by atoms with Crippen molar-refractivity contribution >= 4 is 23.3 Å². The standard InChI is InChI=1S/C22H24FN7O3/c1-12(2)28-10-15-20(22(28)33)29(11-18(31)26-17-4-3-14(23)9-25-17)19-7-16(13-5-6-24-8-13)27-30(19)21(15)32/h3-4,7,9,12-13,24H,5-6,8,10-11H2,1-2H3,(H,25,26,31). The molecule has 2 aliphatic rings. The van der Waals surface area contributed by atoms with Crippen molar-refractivity contribution in [1.29, 1.82) is 0 Å². The van der Waals surface area contributed by atoms with Crippen molar-refractivity contribution in [2.24, 2.45) is 0 Å². The van der Waals surface area contributed by atoms with E-state index in [0.29, 0.717) is 11.2 Å². The molecule has 172 valence electrons. The Morgan fingerprint density at radius 2 is 2.15 bits per heavy atom. The molecule has 0 aromatic carbocycles. The maximum absolute atomic E-state index is 13.3. The molecule has 2 N–H and O–H groups in total. The van der Waals surface area contributed by atoms with Crippen molar-refractivity contribution < 1.29 is 14.0 Å². The largest absolute Gasteiger partial charge is 0.330 e. The Balaban J connectivity index is 1.59. The molecule has 0 spiro atoms. The molecule has 3 aromatic heterocycles. The van der Waals surface area contributed by atoms with E-state index in [0.717, 1.165) is 31.4 Å². The zero-order valence-corrected chi connectivity index (χ0v) is 18.3. The molecular weight excluding hydrogens is 429 g/mol. The smallest absolute Gasteiger partial charge is 0.280 e. The lowest BCUT2D eigenvalue weighted by atomic mass is 10.1. The Morgan fingerprint density at radius 1 is 1.33 bits per heavy atom. The number of anilines is 1. The molecule has 0 radical (unpaired) electrons. The summed E-state index contributed by atoms with van der Waals surface area (Å²) in [5.74, 6) is -0.912. The van der Waals surface area contributed by atoms with Crippen molar-refractivity contribution in [1.82, 2.24) is 29.4 Å². The zero-order chi connectivity index (χ0) is 23.3. The number of rotatable bonds is 5. The van der Waals surface area contributed by atoms with E-state index in [9.17, 15) is 18.8 Å². The van der Waals surface area contributed by atoms with Crippen LogP contribution in [0.4, 0.5) is 10.2 Å². The lowest BCUT2D eigenvalue weighted by molar-refractivity contribution is -0.116. The second-order valence-electron chi connectivity index (χ2n) is 8.68. The lowest BCUT2D eigenvalue weighted by Gasteiger charge is -2.20. The fourth-order valence-corrected chi connectivity index (χ4v) is 4.46. The molecule has 10 nitrogen and oxygen atoms in total. The molecule has 0 aliphatic carbocycles. The van der Waals surface area contributed by atoms with Crippen LogP contribution in [0.15, 0.2) is 29.2 Å². The first-order chi connectivity index (χ1) is 15.8. The van der Waals surface area contributed by atoms with Crippen LogP contribution < -0.4 is 16.2 Å². The van der Waals surface area contributed by atoms with Crippen LogP contribution in [-0.4, -0.2) is 55.0 Å². The van der Waals surface area contributed by atoms with Crippen LogP contribution >= 0.6 is 0 Å². The van der Waals surface area contributed by atoms with Crippen LogP contribution in [-0.2, 0) is 17.9 Å². The number of halogens is 1. The van der Waals surface area contributed by atoms with Gasteiger partial charge in [-0.05, 0) is 38.9 Å². The average molecular weight is 453 g/mol. The van der Waals surface area contributed by atoms with Gasteiger partial charge in [-0.3, -0.25) is 14.4 Å². The summed E-state index contributed by atoms with van der Waals surface area (Å²) < 4.78 is 16.0. The number of aromatic nitrogens is 4. The summed E-state index contributed by atoms with van der Waals surface area (Å²) in [6, 6.07) is 4.23. The van der Waals surface area contributed by atoms with E-state index in [4.69, 9.17) is 0 Å². The number of carbonyl (C=O) groups is 2. The third kappa shape index (κ3) is 3.67. The van der Waals surface area contributed by atoms with Gasteiger partial charge in [0.15, 0.2) is 0 Å². The fourth-order valence-electron chi connectivity index (χ4n) is 4.46. The van der Waals surface area contributed by atoms with E-state index in [2.05, 4.69) is 20.7 Å². The van der Waals surface area contributed by atoms with Crippen LogP contribution in [0.1, 0.15) is 47.9 Å². The van der Waals surface area contributed by atoms with E-state index in [1.165, 1.54) is 16.6 Å². The van der Waals surface area contributed by atoms with Gasteiger partial charge in [-0.2, -0.15) is 9.61 Å². The lowest BCUT2D eigenvalue weighted by Crippen LogP contribution is -2.32. The van der Waals surface area contributed by atoms with Gasteiger partial charge in [0.05, 0.1) is 24.0 Å². The monoisotopic (exact) mass is 453 g/mol. The number of carbonyl (C=O) groups excluding carboxylic acids is 2. The maximum Gasteiger partial charge on any atom is 0.280 e. The number of amides is 2. The van der Waals surface area contributed by atoms with Gasteiger partial charge in [0, 0.05) is 24.6 Å². The number of hydrogen-bond donors (Lipinski definition) is 2. The Hall–Kier alpha value is -3.60. The second kappa shape index (κ2) is 8.07. The van der Waals surface area contributed by atoms with Crippen molar-refractivity contribution in [2.45, 2.75) is 45.3 Å². The first kappa shape index (κ1) is 21.3. The summed E-state index contributed by atoms with van der Waals surface area (Å²) in [4.78, 5) is 44.8. The molecule has 5 rings (SSSR count). The number of fused-ring (bicyclic) bond motifs is 2. The minimum atomic E-state index is -0.513. The number of nitrogens with one attached hydrogen (secondary N) is 2. The van der Waals surface area contributed by atoms with Crippen molar-refractivity contribution in [2.75, 3.05) is 18.4 Å². The SMILES string of the molecule is CC(C)N1Cc2c(n(CC(=O)Nc3ccc(F)cn3)c3cc(C4CCNC4)nn3c2=O)C1=O. The van der Waals surface area contributed by atoms with E-state index < -0.39 is 11.7 Å². The van der Waals surface area contributed by atoms with Gasteiger partial charge in [0.1, 0.15) is 29.5 Å². The van der Waals surface area contributed by atoms with E-state index in [1.807, 2.05) is 13.8 Å². The molecule has 2 aliphatic heterocycles. The first-order valence-corrected chi connectivity index (χ1v) is 10.9. The fraction of sp³-hybridized carbons (Fsp3) is 0.409. The van der Waals surface area contributed by atoms with Crippen LogP contribution in [0.25, 0.3) is 5.65 Å². The summed E-state index contributed by atoms with van der Waals surface area (Å²) in [6.45, 7) is 5.32. The molecule has 5 heterocycles. The third-order valence-corrected chi connectivity index (χ3v) is 6.18. The highest BCUT2D eigenvalue weighted by Gasteiger charge is 2.36. The molecule has 1 unspecified atom stereocenters. The van der Waals surface area contributed by atoms with E-state index in [1.54, 1.807) is 15.5 Å². The van der Waals surface area contributed by atoms with Crippen LogP contribution in [0.2, 0.25) is 0 Å². The van der Waals surface area contributed by atoms with E-state index in [-0.39, 0.29) is 48.0 Å². The topological polar surface area (TPSA) is 114 Å². The summed E-state index contributed by atoms with van der Waals surface area (Å²) in [5.41, 5.74) is 1.34. The molecule has 33 heavy (non-hydrogen) atoms. The van der Waals surface area contributed by atoms with E-state index >= 15 is 0 Å². The molecule has 3 aromatic rings. The zero-order valence-electron chi connectivity index (χ0n) is 18.3. The van der Waals surface area contributed by atoms with Crippen molar-refractivity contribution in [3.63, 3.8) is 0 Å². The Labute approximate surface area is 188 Å². The summed E-state index contributed by atoms with van der Waals surface area (Å²) in [6.07, 6.45) is 1.91. The molecule has 1 fully saturated rings. The molecule has 0 saturated carbocycles. The Kier molecular flexibility index (Phi) is 5.20. The summed E-state index contributed by atoms with van der Waals surface area (Å²) in [7, 11) is 0. The van der Waals surface area contributed by atoms with Crippen LogP contribution in [0.5, 0.6) is 0 Å². The highest BCUT2D eigenvalue weighted by molar-refractivity contribution is 5.98. The van der Waals surface area contributed by atoms with Gasteiger partial charge in [-0.25, -0.2) is 9.37 Å². The summed E-state index contributed by atoms with van der Waals surface area (Å²) in [5, 5.41) is 10.5. The number of nitrogens with zero attached hydrogens (tertiary/aromatic N) is 5. The van der Waals surface area contributed by atoms with Gasteiger partial charge < -0.3 is 20.1 Å². The number of hydrogen-bond acceptors (Lipinski definition) is 6. The quantitative estimate of drug-likeness (QED) is 0.598. The minimum Gasteiger partial charge on any atom is -0.330 e. The minimum absolute atomic E-state index is 0.109. The van der Waals surface area contributed by atoms with Gasteiger partial charge in [-0.1, -0.05) is 0 Å². The number of pyridine rings is 1. The molecule has 1 saturated heterocycles. The van der Waals surface area contributed by atoms with Gasteiger partial charge in [0.25, 0.3) is 11.5 Å². The maximum atomic E-state index is 13.3. The Morgan fingerprint density at radius 3 is 2.82 bits per heavy atom.